The molecule has 1 aromatic heterocycles. The van der Waals surface area contributed by atoms with Crippen LogP contribution in [0.5, 0.6) is 0 Å². The number of aromatic nitrogens is 1. The lowest BCUT2D eigenvalue weighted by molar-refractivity contribution is 0.0266. The quantitative estimate of drug-likeness (QED) is 0.743. The van der Waals surface area contributed by atoms with Gasteiger partial charge < -0.3 is 20.1 Å². The lowest BCUT2D eigenvalue weighted by Gasteiger charge is -2.34. The van der Waals surface area contributed by atoms with Crippen LogP contribution in [-0.2, 0) is 4.74 Å². The molecule has 2 aliphatic rings. The number of rotatable bonds is 2. The summed E-state index contributed by atoms with van der Waals surface area (Å²) in [6, 6.07) is 5.23. The molecule has 1 aromatic rings. The fraction of sp³-hybridized carbons (Fsp3) is 0.650. The monoisotopic (exact) mass is 391 g/mol. The number of amides is 2. The first-order chi connectivity index (χ1) is 13.2. The third-order valence-corrected chi connectivity index (χ3v) is 5.15. The van der Waals surface area contributed by atoms with Gasteiger partial charge in [0.25, 0.3) is 5.91 Å². The molecule has 2 unspecified atom stereocenters. The lowest BCUT2D eigenvalue weighted by Crippen LogP contribution is -2.58. The van der Waals surface area contributed by atoms with Crippen LogP contribution in [-0.4, -0.2) is 78.0 Å². The summed E-state index contributed by atoms with van der Waals surface area (Å²) in [6.07, 6.45) is 0.556. The van der Waals surface area contributed by atoms with Crippen LogP contribution in [0.3, 0.4) is 0 Å². The Hall–Kier alpha value is -2.03. The van der Waals surface area contributed by atoms with Crippen molar-refractivity contribution >= 4 is 17.8 Å². The van der Waals surface area contributed by atoms with Gasteiger partial charge in [-0.05, 0) is 33.3 Å². The van der Waals surface area contributed by atoms with Crippen LogP contribution in [0.4, 0.5) is 10.6 Å². The van der Waals surface area contributed by atoms with Crippen molar-refractivity contribution in [1.29, 1.82) is 0 Å². The highest BCUT2D eigenvalue weighted by Gasteiger charge is 2.45. The number of aliphatic hydroxyl groups is 1. The summed E-state index contributed by atoms with van der Waals surface area (Å²) in [6.45, 7) is 8.96. The number of carbonyl (C=O) groups is 2. The zero-order chi connectivity index (χ0) is 20.4. The zero-order valence-electron chi connectivity index (χ0n) is 17.0. The van der Waals surface area contributed by atoms with Crippen LogP contribution in [0, 0.1) is 0 Å². The van der Waals surface area contributed by atoms with Crippen molar-refractivity contribution in [2.24, 2.45) is 0 Å². The van der Waals surface area contributed by atoms with Gasteiger partial charge in [0.2, 0.25) is 5.82 Å². The van der Waals surface area contributed by atoms with E-state index in [1.54, 1.807) is 23.1 Å². The van der Waals surface area contributed by atoms with Gasteiger partial charge in [-0.25, -0.2) is 0 Å². The summed E-state index contributed by atoms with van der Waals surface area (Å²) >= 11 is 0. The van der Waals surface area contributed by atoms with Crippen molar-refractivity contribution in [1.82, 2.24) is 19.7 Å². The fourth-order valence-corrected chi connectivity index (χ4v) is 3.70. The molecule has 2 N–H and O–H groups in total. The first-order valence-electron chi connectivity index (χ1n) is 9.98. The zero-order valence-corrected chi connectivity index (χ0v) is 17.0. The molecular weight excluding hydrogens is 360 g/mol. The summed E-state index contributed by atoms with van der Waals surface area (Å²) in [4.78, 5) is 32.2. The van der Waals surface area contributed by atoms with Crippen molar-refractivity contribution in [3.63, 3.8) is 0 Å². The average molecular weight is 391 g/mol. The van der Waals surface area contributed by atoms with Crippen LogP contribution >= 0.6 is 0 Å². The van der Waals surface area contributed by atoms with Gasteiger partial charge in [0.1, 0.15) is 17.8 Å². The number of hydrogen-bond donors (Lipinski definition) is 2. The van der Waals surface area contributed by atoms with Crippen molar-refractivity contribution in [3.8, 4) is 0 Å². The number of quaternary nitrogens is 1. The molecule has 154 valence electrons. The van der Waals surface area contributed by atoms with Gasteiger partial charge in [-0.3, -0.25) is 4.79 Å². The van der Waals surface area contributed by atoms with E-state index in [0.29, 0.717) is 50.7 Å². The minimum Gasteiger partial charge on any atom is -0.414 e. The van der Waals surface area contributed by atoms with E-state index in [0.717, 1.165) is 13.0 Å². The molecule has 8 nitrogen and oxygen atoms in total. The molecule has 2 amide bonds. The minimum atomic E-state index is -0.610. The number of carbonyl (C=O) groups excluding carboxylic acids is 2. The van der Waals surface area contributed by atoms with Gasteiger partial charge in [0.05, 0.1) is 12.6 Å². The summed E-state index contributed by atoms with van der Waals surface area (Å²) < 4.78 is 5.71. The number of likely N-dealkylation sites (tertiary alicyclic amines) is 1. The topological polar surface area (TPSA) is 91.8 Å². The van der Waals surface area contributed by atoms with Crippen molar-refractivity contribution in [2.45, 2.75) is 45.3 Å². The molecule has 28 heavy (non-hydrogen) atoms. The molecule has 0 bridgehead atoms. The third-order valence-electron chi connectivity index (χ3n) is 5.15. The number of aliphatic hydroxyl groups excluding tert-OH is 1. The third kappa shape index (κ3) is 4.51. The highest BCUT2D eigenvalue weighted by atomic mass is 16.6. The lowest BCUT2D eigenvalue weighted by atomic mass is 10.2. The second-order valence-electron chi connectivity index (χ2n) is 8.57. The second kappa shape index (κ2) is 8.14. The maximum atomic E-state index is 13.2. The SMILES string of the molecule is CC(C)(C)OC(=O)[N+]1(c2cccc(C(=O)N3CCC(O)C3)n2)CCCNCC1. The Balaban J connectivity index is 1.94. The summed E-state index contributed by atoms with van der Waals surface area (Å²) in [7, 11) is 0. The Labute approximate surface area is 166 Å². The maximum Gasteiger partial charge on any atom is 0.523 e. The number of nitrogens with one attached hydrogen (secondary N) is 1. The van der Waals surface area contributed by atoms with Gasteiger partial charge in [0, 0.05) is 38.7 Å². The Morgan fingerprint density at radius 3 is 2.75 bits per heavy atom. The van der Waals surface area contributed by atoms with E-state index in [-0.39, 0.29) is 16.5 Å². The van der Waals surface area contributed by atoms with E-state index in [4.69, 9.17) is 4.74 Å². The van der Waals surface area contributed by atoms with Gasteiger partial charge >= 0.3 is 6.09 Å². The Bertz CT molecular complexity index is 723. The average Bonchev–Trinajstić information content (AvgIpc) is 2.91. The van der Waals surface area contributed by atoms with E-state index < -0.39 is 11.7 Å². The van der Waals surface area contributed by atoms with Crippen LogP contribution < -0.4 is 9.80 Å². The van der Waals surface area contributed by atoms with E-state index >= 15 is 0 Å². The second-order valence-corrected chi connectivity index (χ2v) is 8.57. The molecule has 8 heteroatoms. The van der Waals surface area contributed by atoms with E-state index in [1.165, 1.54) is 0 Å². The normalized spacial score (nSPS) is 26.0. The standard InChI is InChI=1S/C20H31N4O4/c1-20(2,3)28-19(27)24(12-5-9-21-10-13-24)17-7-4-6-16(22-17)18(26)23-11-8-15(25)14-23/h4,6-7,15,21,25H,5,8-14H2,1-3H3/q+1. The predicted molar refractivity (Wildman–Crippen MR) is 106 cm³/mol. The van der Waals surface area contributed by atoms with Crippen molar-refractivity contribution in [2.75, 3.05) is 39.3 Å². The van der Waals surface area contributed by atoms with Crippen LogP contribution in [0.1, 0.15) is 44.1 Å². The summed E-state index contributed by atoms with van der Waals surface area (Å²) in [5, 5.41) is 13.0. The summed E-state index contributed by atoms with van der Waals surface area (Å²) in [5.41, 5.74) is -0.314. The Morgan fingerprint density at radius 1 is 1.29 bits per heavy atom. The number of nitrogens with zero attached hydrogens (tertiary/aromatic N) is 3. The Morgan fingerprint density at radius 2 is 2.07 bits per heavy atom. The molecule has 0 aliphatic carbocycles. The molecule has 2 atom stereocenters. The number of hydrogen-bond acceptors (Lipinski definition) is 6. The van der Waals surface area contributed by atoms with Crippen LogP contribution in [0.2, 0.25) is 0 Å². The molecule has 2 saturated heterocycles. The van der Waals surface area contributed by atoms with Gasteiger partial charge in [-0.2, -0.15) is 14.3 Å². The molecule has 0 spiro atoms. The van der Waals surface area contributed by atoms with E-state index in [2.05, 4.69) is 10.3 Å². The Kier molecular flexibility index (Phi) is 6.02. The van der Waals surface area contributed by atoms with E-state index in [1.807, 2.05) is 20.8 Å². The van der Waals surface area contributed by atoms with Crippen LogP contribution in [0.15, 0.2) is 18.2 Å². The molecule has 2 aliphatic heterocycles. The molecule has 0 radical (unpaired) electrons. The van der Waals surface area contributed by atoms with Crippen molar-refractivity contribution in [3.05, 3.63) is 23.9 Å². The van der Waals surface area contributed by atoms with Gasteiger partial charge in [0.15, 0.2) is 0 Å². The largest absolute Gasteiger partial charge is 0.523 e. The first-order valence-corrected chi connectivity index (χ1v) is 9.98. The molecular formula is C20H31N4O4+. The smallest absolute Gasteiger partial charge is 0.414 e. The van der Waals surface area contributed by atoms with Gasteiger partial charge in [-0.1, -0.05) is 6.07 Å². The number of β-amino-alcohol motifs (C(OH)–C–C–N with tert-alkyl or cyclic N) is 1. The molecule has 3 rings (SSSR count). The van der Waals surface area contributed by atoms with Gasteiger partial charge in [-0.15, -0.1) is 0 Å². The maximum absolute atomic E-state index is 13.2. The van der Waals surface area contributed by atoms with Crippen molar-refractivity contribution < 1.29 is 19.4 Å². The highest BCUT2D eigenvalue weighted by molar-refractivity contribution is 5.93. The predicted octanol–water partition coefficient (Wildman–Crippen LogP) is 1.52. The molecule has 2 fully saturated rings. The van der Waals surface area contributed by atoms with E-state index in [9.17, 15) is 14.7 Å². The van der Waals surface area contributed by atoms with Crippen LogP contribution in [0.25, 0.3) is 0 Å². The number of ether oxygens (including phenoxy) is 1. The fourth-order valence-electron chi connectivity index (χ4n) is 3.70. The molecule has 0 aromatic carbocycles. The molecule has 3 heterocycles. The molecule has 0 saturated carbocycles. The summed E-state index contributed by atoms with van der Waals surface area (Å²) in [5.74, 6) is 0.317. The highest BCUT2D eigenvalue weighted by Crippen LogP contribution is 2.27. The first kappa shape index (κ1) is 20.7. The minimum absolute atomic E-state index is 0.0337. The number of pyridine rings is 1.